The van der Waals surface area contributed by atoms with Gasteiger partial charge in [0.25, 0.3) is 0 Å². The molecule has 0 saturated carbocycles. The largest absolute Gasteiger partial charge is 0.355 e. The van der Waals surface area contributed by atoms with Gasteiger partial charge in [0.2, 0.25) is 5.91 Å². The summed E-state index contributed by atoms with van der Waals surface area (Å²) in [6.45, 7) is 2.82. The molecular weight excluding hydrogens is 358 g/mol. The first kappa shape index (κ1) is 17.5. The summed E-state index contributed by atoms with van der Waals surface area (Å²) in [5, 5.41) is 8.00. The number of benzene rings is 1. The molecule has 0 atom stereocenters. The van der Waals surface area contributed by atoms with Crippen LogP contribution in [-0.2, 0) is 4.79 Å². The average molecular weight is 374 g/mol. The molecule has 1 aromatic carbocycles. The van der Waals surface area contributed by atoms with Crippen LogP contribution in [0.1, 0.15) is 19.8 Å². The fraction of sp³-hybridized carbons (Fsp3) is 0.357. The van der Waals surface area contributed by atoms with Gasteiger partial charge in [-0.2, -0.15) is 0 Å². The number of halogens is 1. The molecule has 0 radical (unpaired) electrons. The number of rotatable bonds is 7. The van der Waals surface area contributed by atoms with Gasteiger partial charge in [-0.15, -0.1) is 5.10 Å². The summed E-state index contributed by atoms with van der Waals surface area (Å²) in [6.07, 6.45) is 2.07. The number of aromatic nitrogens is 2. The van der Waals surface area contributed by atoms with Gasteiger partial charge >= 0.3 is 0 Å². The van der Waals surface area contributed by atoms with Crippen molar-refractivity contribution in [2.75, 3.05) is 12.3 Å². The van der Waals surface area contributed by atoms with Crippen LogP contribution in [0.5, 0.6) is 0 Å². The van der Waals surface area contributed by atoms with E-state index in [1.54, 1.807) is 16.8 Å². The van der Waals surface area contributed by atoms with Gasteiger partial charge in [-0.05, 0) is 42.9 Å². The van der Waals surface area contributed by atoms with E-state index < -0.39 is 0 Å². The summed E-state index contributed by atoms with van der Waals surface area (Å²) in [5.41, 5.74) is 0.866. The van der Waals surface area contributed by atoms with E-state index in [1.165, 1.54) is 23.1 Å². The predicted molar refractivity (Wildman–Crippen MR) is 95.9 cm³/mol. The third-order valence-electron chi connectivity index (χ3n) is 2.78. The Morgan fingerprint density at radius 3 is 2.86 bits per heavy atom. The maximum absolute atomic E-state index is 11.7. The van der Waals surface area contributed by atoms with Crippen LogP contribution >= 0.6 is 46.9 Å². The summed E-state index contributed by atoms with van der Waals surface area (Å²) in [5.74, 6) is 0.379. The molecule has 2 aromatic rings. The Bertz CT molecular complexity index is 681. The number of nitrogens with zero attached hydrogens (tertiary/aromatic N) is 2. The van der Waals surface area contributed by atoms with Crippen LogP contribution < -0.4 is 5.32 Å². The molecule has 0 aliphatic rings. The normalized spacial score (nSPS) is 10.6. The number of hydrogen-bond donors (Lipinski definition) is 1. The predicted octanol–water partition coefficient (Wildman–Crippen LogP) is 4.33. The van der Waals surface area contributed by atoms with Crippen LogP contribution in [0.2, 0.25) is 5.02 Å². The molecule has 0 saturated heterocycles. The van der Waals surface area contributed by atoms with Crippen LogP contribution in [0.4, 0.5) is 0 Å². The minimum atomic E-state index is 0.0256. The van der Waals surface area contributed by atoms with Gasteiger partial charge in [0, 0.05) is 11.6 Å². The van der Waals surface area contributed by atoms with Crippen LogP contribution in [0.15, 0.2) is 28.6 Å². The summed E-state index contributed by atoms with van der Waals surface area (Å²) < 4.78 is 3.12. The molecule has 22 heavy (non-hydrogen) atoms. The highest BCUT2D eigenvalue weighted by atomic mass is 35.5. The van der Waals surface area contributed by atoms with E-state index in [2.05, 4.69) is 17.3 Å². The molecule has 0 aliphatic heterocycles. The monoisotopic (exact) mass is 373 g/mol. The Morgan fingerprint density at radius 2 is 2.18 bits per heavy atom. The van der Waals surface area contributed by atoms with Crippen molar-refractivity contribution in [3.63, 3.8) is 0 Å². The molecule has 1 aromatic heterocycles. The van der Waals surface area contributed by atoms with Crippen molar-refractivity contribution >= 4 is 52.8 Å². The third kappa shape index (κ3) is 5.08. The first-order chi connectivity index (χ1) is 10.6. The van der Waals surface area contributed by atoms with Crippen molar-refractivity contribution in [2.45, 2.75) is 24.1 Å². The number of carbonyl (C=O) groups is 1. The number of thioether (sulfide) groups is 1. The average Bonchev–Trinajstić information content (AvgIpc) is 2.87. The van der Waals surface area contributed by atoms with E-state index in [4.69, 9.17) is 23.8 Å². The van der Waals surface area contributed by atoms with Gasteiger partial charge in [0.1, 0.15) is 0 Å². The molecule has 118 valence electrons. The molecule has 0 aliphatic carbocycles. The molecular formula is C14H16ClN3OS3. The zero-order valence-corrected chi connectivity index (χ0v) is 15.2. The second kappa shape index (κ2) is 8.67. The number of unbranched alkanes of at least 4 members (excludes halogenated alkanes) is 1. The highest BCUT2D eigenvalue weighted by Crippen LogP contribution is 2.24. The van der Waals surface area contributed by atoms with Crippen molar-refractivity contribution in [2.24, 2.45) is 0 Å². The molecule has 0 bridgehead atoms. The van der Waals surface area contributed by atoms with E-state index >= 15 is 0 Å². The second-order valence-electron chi connectivity index (χ2n) is 4.51. The first-order valence-corrected chi connectivity index (χ1v) is 9.44. The standard InChI is InChI=1S/C14H16ClN3OS3/c1-2-3-8-16-12(19)9-21-13-17-18(14(20)22-13)11-6-4-10(15)5-7-11/h4-7H,2-3,8-9H2,1H3,(H,16,19). The Hall–Kier alpha value is -0.890. The van der Waals surface area contributed by atoms with Crippen molar-refractivity contribution < 1.29 is 4.79 Å². The molecule has 4 nitrogen and oxygen atoms in total. The SMILES string of the molecule is CCCCNC(=O)CSc1nn(-c2ccc(Cl)cc2)c(=S)s1. The van der Waals surface area contributed by atoms with E-state index in [9.17, 15) is 4.79 Å². The topological polar surface area (TPSA) is 46.9 Å². The van der Waals surface area contributed by atoms with Crippen LogP contribution in [-0.4, -0.2) is 28.0 Å². The number of hydrogen-bond acceptors (Lipinski definition) is 5. The van der Waals surface area contributed by atoms with Crippen LogP contribution in [0.3, 0.4) is 0 Å². The first-order valence-electron chi connectivity index (χ1n) is 6.85. The van der Waals surface area contributed by atoms with Gasteiger partial charge in [0.05, 0.1) is 11.4 Å². The molecule has 0 fully saturated rings. The van der Waals surface area contributed by atoms with Gasteiger partial charge in [-0.1, -0.05) is 48.0 Å². The lowest BCUT2D eigenvalue weighted by atomic mass is 10.3. The fourth-order valence-corrected chi connectivity index (χ4v) is 3.96. The summed E-state index contributed by atoms with van der Waals surface area (Å²) in [7, 11) is 0. The minimum absolute atomic E-state index is 0.0256. The van der Waals surface area contributed by atoms with Gasteiger partial charge in [-0.3, -0.25) is 4.79 Å². The third-order valence-corrected chi connectivity index (χ3v) is 5.40. The highest BCUT2D eigenvalue weighted by molar-refractivity contribution is 8.01. The minimum Gasteiger partial charge on any atom is -0.355 e. The smallest absolute Gasteiger partial charge is 0.230 e. The van der Waals surface area contributed by atoms with Crippen LogP contribution in [0.25, 0.3) is 5.69 Å². The zero-order chi connectivity index (χ0) is 15.9. The molecule has 8 heteroatoms. The van der Waals surface area contributed by atoms with Gasteiger partial charge in [0.15, 0.2) is 8.29 Å². The van der Waals surface area contributed by atoms with E-state index in [0.717, 1.165) is 29.4 Å². The van der Waals surface area contributed by atoms with Crippen molar-refractivity contribution in [1.29, 1.82) is 0 Å². The Morgan fingerprint density at radius 1 is 1.45 bits per heavy atom. The highest BCUT2D eigenvalue weighted by Gasteiger charge is 2.09. The number of nitrogens with one attached hydrogen (secondary N) is 1. The van der Waals surface area contributed by atoms with E-state index in [-0.39, 0.29) is 5.91 Å². The van der Waals surface area contributed by atoms with E-state index in [1.807, 2.05) is 12.1 Å². The number of amides is 1. The Labute approximate surface area is 147 Å². The van der Waals surface area contributed by atoms with Crippen molar-refractivity contribution in [1.82, 2.24) is 15.1 Å². The molecule has 1 heterocycles. The molecule has 1 N–H and O–H groups in total. The zero-order valence-electron chi connectivity index (χ0n) is 12.0. The van der Waals surface area contributed by atoms with Crippen LogP contribution in [0, 0.1) is 3.95 Å². The number of carbonyl (C=O) groups excluding carboxylic acids is 1. The second-order valence-corrected chi connectivity index (χ2v) is 7.80. The summed E-state index contributed by atoms with van der Waals surface area (Å²) >= 11 is 14.0. The summed E-state index contributed by atoms with van der Waals surface area (Å²) in [4.78, 5) is 11.7. The Kier molecular flexibility index (Phi) is 6.88. The molecule has 2 rings (SSSR count). The van der Waals surface area contributed by atoms with E-state index in [0.29, 0.717) is 14.7 Å². The van der Waals surface area contributed by atoms with Crippen molar-refractivity contribution in [3.05, 3.63) is 33.2 Å². The quantitative estimate of drug-likeness (QED) is 0.446. The fourth-order valence-electron chi connectivity index (χ4n) is 1.65. The maximum atomic E-state index is 11.7. The lowest BCUT2D eigenvalue weighted by Gasteiger charge is -2.02. The summed E-state index contributed by atoms with van der Waals surface area (Å²) in [6, 6.07) is 7.32. The molecule has 0 spiro atoms. The lowest BCUT2D eigenvalue weighted by Crippen LogP contribution is -2.25. The maximum Gasteiger partial charge on any atom is 0.230 e. The lowest BCUT2D eigenvalue weighted by molar-refractivity contribution is -0.118. The van der Waals surface area contributed by atoms with Gasteiger partial charge < -0.3 is 5.32 Å². The molecule has 1 amide bonds. The Balaban J connectivity index is 1.97. The van der Waals surface area contributed by atoms with Gasteiger partial charge in [-0.25, -0.2) is 4.68 Å². The van der Waals surface area contributed by atoms with Crippen molar-refractivity contribution in [3.8, 4) is 5.69 Å². The molecule has 0 unspecified atom stereocenters.